The van der Waals surface area contributed by atoms with Crippen molar-refractivity contribution in [3.05, 3.63) is 442 Å². The van der Waals surface area contributed by atoms with Crippen LogP contribution < -0.4 is 29.4 Å². The number of benzene rings is 21. The van der Waals surface area contributed by atoms with Gasteiger partial charge in [-0.25, -0.2) is 0 Å². The normalized spacial score (nSPS) is 11.3. The molecule has 0 unspecified atom stereocenters. The van der Waals surface area contributed by atoms with Crippen molar-refractivity contribution >= 4 is 182 Å². The summed E-state index contributed by atoms with van der Waals surface area (Å²) in [5.74, 6) is 0. The number of para-hydroxylation sites is 3. The fourth-order valence-corrected chi connectivity index (χ4v) is 16.9. The van der Waals surface area contributed by atoms with Gasteiger partial charge in [-0.2, -0.15) is 0 Å². The molecule has 0 atom stereocenters. The van der Waals surface area contributed by atoms with E-state index in [0.717, 1.165) is 68.2 Å². The maximum atomic E-state index is 2.33. The van der Waals surface area contributed by atoms with Crippen LogP contribution in [0.15, 0.2) is 437 Å². The molecule has 0 bridgehead atoms. The lowest BCUT2D eigenvalue weighted by Crippen LogP contribution is -2.12. The van der Waals surface area contributed by atoms with Gasteiger partial charge in [0.25, 0.3) is 0 Å². The summed E-state index contributed by atoms with van der Waals surface area (Å²) >= 11 is 0. The molecule has 0 fully saturated rings. The molecule has 0 radical (unpaired) electrons. The Morgan fingerprint density at radius 2 is 0.431 bits per heavy atom. The van der Waals surface area contributed by atoms with E-state index in [4.69, 9.17) is 0 Å². The van der Waals surface area contributed by atoms with Gasteiger partial charge >= 0.3 is 0 Å². The maximum Gasteiger partial charge on any atom is 0.0494 e. The molecule has 0 aliphatic rings. The SMILES string of the molecule is CN(c1ccc(N(c2ccccc2)c2ccc3ccccc3c2)cc1)c1cc2ccccc2c2ccccc12.CN(c1ccc(N(c2ccccc2)c2ccc3ccccc3c2)cc1)c1ccc2c3cccc4cccc(c5cccc1c52)c43.Cc1ccc(N(C)c2ccc(N(c3ccccc3)c3ccc4ccccc4c3)cc2)cc1. The summed E-state index contributed by atoms with van der Waals surface area (Å²) in [6, 6.07) is 157. The van der Waals surface area contributed by atoms with Crippen molar-refractivity contribution < 1.29 is 0 Å². The molecular formula is C110H84N6. The van der Waals surface area contributed by atoms with Crippen molar-refractivity contribution in [2.45, 2.75) is 6.92 Å². The van der Waals surface area contributed by atoms with Gasteiger partial charge in [-0.1, -0.05) is 272 Å². The van der Waals surface area contributed by atoms with Crippen molar-refractivity contribution in [2.24, 2.45) is 0 Å². The van der Waals surface area contributed by atoms with Crippen LogP contribution in [0.4, 0.5) is 85.3 Å². The van der Waals surface area contributed by atoms with Gasteiger partial charge in [0, 0.05) is 117 Å². The van der Waals surface area contributed by atoms with E-state index in [1.54, 1.807) is 0 Å². The van der Waals surface area contributed by atoms with Gasteiger partial charge in [-0.3, -0.25) is 0 Å². The minimum Gasteiger partial charge on any atom is -0.345 e. The lowest BCUT2D eigenvalue weighted by Gasteiger charge is -2.27. The first-order valence-electron chi connectivity index (χ1n) is 39.8. The van der Waals surface area contributed by atoms with E-state index in [9.17, 15) is 0 Å². The molecule has 21 rings (SSSR count). The van der Waals surface area contributed by atoms with Gasteiger partial charge < -0.3 is 29.4 Å². The molecule has 116 heavy (non-hydrogen) atoms. The standard InChI is InChI=1S/C43H30N2.C37H28N2.C30H26N2/c1-44(41-27-26-39-37-17-8-13-30-12-7-16-36(42(30)37)38-18-9-19-40(41)43(38)39)32-22-24-34(25-23-32)45(33-14-3-2-4-15-33)35-21-20-29-10-5-6-11-31(29)28-35;1-38(37-26-29-13-7-8-16-34(29)35-17-9-10-18-36(35)37)30-21-23-32(24-22-30)39(31-14-3-2-4-15-31)33-20-19-27-11-5-6-12-28(27)25-33;1-23-12-15-26(16-13-23)31(2)27-18-20-29(21-19-27)32(28-10-4-3-5-11-28)30-17-14-24-8-6-7-9-25(24)22-30/h2-28H,1H3;2-26H,1H3;3-22H,1-2H3. The third-order valence-electron chi connectivity index (χ3n) is 22.9. The molecule has 0 amide bonds. The van der Waals surface area contributed by atoms with Gasteiger partial charge in [0.05, 0.1) is 0 Å². The molecule has 21 aromatic rings. The van der Waals surface area contributed by atoms with Crippen molar-refractivity contribution in [3.63, 3.8) is 0 Å². The highest BCUT2D eigenvalue weighted by Crippen LogP contribution is 2.47. The van der Waals surface area contributed by atoms with E-state index in [-0.39, 0.29) is 0 Å². The first-order chi connectivity index (χ1) is 57.2. The van der Waals surface area contributed by atoms with Crippen LogP contribution in [0.25, 0.3) is 97.0 Å². The molecule has 0 aliphatic carbocycles. The Morgan fingerprint density at radius 3 is 0.871 bits per heavy atom. The average molecular weight is 1490 g/mol. The fourth-order valence-electron chi connectivity index (χ4n) is 16.9. The summed E-state index contributed by atoms with van der Waals surface area (Å²) in [5.41, 5.74) is 18.5. The zero-order chi connectivity index (χ0) is 78.0. The molecule has 0 saturated heterocycles. The third-order valence-corrected chi connectivity index (χ3v) is 22.9. The first kappa shape index (κ1) is 71.3. The minimum absolute atomic E-state index is 1.12. The van der Waals surface area contributed by atoms with Gasteiger partial charge in [0.1, 0.15) is 0 Å². The smallest absolute Gasteiger partial charge is 0.0494 e. The molecule has 6 nitrogen and oxygen atoms in total. The molecule has 6 heteroatoms. The Hall–Kier alpha value is -15.0. The summed E-state index contributed by atoms with van der Waals surface area (Å²) in [7, 11) is 6.44. The second-order valence-electron chi connectivity index (χ2n) is 29.9. The van der Waals surface area contributed by atoms with Gasteiger partial charge in [0.2, 0.25) is 0 Å². The summed E-state index contributed by atoms with van der Waals surface area (Å²) in [5, 5.41) is 23.0. The van der Waals surface area contributed by atoms with Gasteiger partial charge in [-0.05, 0) is 263 Å². The van der Waals surface area contributed by atoms with E-state index in [2.05, 4.69) is 494 Å². The van der Waals surface area contributed by atoms with E-state index in [1.807, 2.05) is 0 Å². The molecular weight excluding hydrogens is 1410 g/mol. The Bertz CT molecular complexity index is 7030. The second kappa shape index (κ2) is 31.3. The Morgan fingerprint density at radius 1 is 0.147 bits per heavy atom. The van der Waals surface area contributed by atoms with E-state index >= 15 is 0 Å². The summed E-state index contributed by atoms with van der Waals surface area (Å²) in [6.07, 6.45) is 0. The molecule has 21 aromatic carbocycles. The molecule has 0 heterocycles. The molecule has 0 N–H and O–H groups in total. The third kappa shape index (κ3) is 13.9. The highest BCUT2D eigenvalue weighted by molar-refractivity contribution is 6.34. The van der Waals surface area contributed by atoms with Crippen LogP contribution in [0.1, 0.15) is 5.56 Å². The second-order valence-corrected chi connectivity index (χ2v) is 29.9. The van der Waals surface area contributed by atoms with Crippen LogP contribution >= 0.6 is 0 Å². The van der Waals surface area contributed by atoms with Crippen LogP contribution in [0, 0.1) is 6.92 Å². The van der Waals surface area contributed by atoms with Crippen molar-refractivity contribution in [2.75, 3.05) is 50.5 Å². The number of aryl methyl sites for hydroxylation is 1. The number of anilines is 15. The topological polar surface area (TPSA) is 19.4 Å². The predicted molar refractivity (Wildman–Crippen MR) is 500 cm³/mol. The number of fused-ring (bicyclic) bond motifs is 8. The Balaban J connectivity index is 0.000000118. The fraction of sp³-hybridized carbons (Fsp3) is 0.0364. The lowest BCUT2D eigenvalue weighted by atomic mass is 9.89. The number of nitrogens with zero attached hydrogens (tertiary/aromatic N) is 6. The zero-order valence-electron chi connectivity index (χ0n) is 65.3. The molecule has 554 valence electrons. The summed E-state index contributed by atoms with van der Waals surface area (Å²) in [6.45, 7) is 2.11. The van der Waals surface area contributed by atoms with Crippen LogP contribution in [-0.4, -0.2) is 21.1 Å². The lowest BCUT2D eigenvalue weighted by molar-refractivity contribution is 1.20. The van der Waals surface area contributed by atoms with Crippen LogP contribution in [-0.2, 0) is 0 Å². The maximum absolute atomic E-state index is 2.33. The average Bonchev–Trinajstić information content (AvgIpc) is 0.717. The first-order valence-corrected chi connectivity index (χ1v) is 39.8. The predicted octanol–water partition coefficient (Wildman–Crippen LogP) is 30.9. The van der Waals surface area contributed by atoms with Crippen molar-refractivity contribution in [1.29, 1.82) is 0 Å². The van der Waals surface area contributed by atoms with Crippen LogP contribution in [0.3, 0.4) is 0 Å². The molecule has 0 spiro atoms. The molecule has 0 aromatic heterocycles. The monoisotopic (exact) mass is 1490 g/mol. The van der Waals surface area contributed by atoms with Gasteiger partial charge in [0.15, 0.2) is 0 Å². The molecule has 0 saturated carbocycles. The highest BCUT2D eigenvalue weighted by Gasteiger charge is 2.22. The quantitative estimate of drug-likeness (QED) is 0.0747. The highest BCUT2D eigenvalue weighted by atomic mass is 15.2. The number of hydrogen-bond acceptors (Lipinski definition) is 6. The summed E-state index contributed by atoms with van der Waals surface area (Å²) in [4.78, 5) is 13.8. The Kier molecular flexibility index (Phi) is 19.2. The van der Waals surface area contributed by atoms with Crippen LogP contribution in [0.2, 0.25) is 0 Å². The van der Waals surface area contributed by atoms with Gasteiger partial charge in [-0.15, -0.1) is 0 Å². The minimum atomic E-state index is 1.12. The van der Waals surface area contributed by atoms with E-state index in [1.165, 1.54) is 120 Å². The van der Waals surface area contributed by atoms with Crippen molar-refractivity contribution in [1.82, 2.24) is 0 Å². The summed E-state index contributed by atoms with van der Waals surface area (Å²) < 4.78 is 0. The Labute approximate surface area is 677 Å². The van der Waals surface area contributed by atoms with E-state index < -0.39 is 0 Å². The van der Waals surface area contributed by atoms with Crippen LogP contribution in [0.5, 0.6) is 0 Å². The number of rotatable bonds is 15. The zero-order valence-corrected chi connectivity index (χ0v) is 65.3. The van der Waals surface area contributed by atoms with Crippen molar-refractivity contribution in [3.8, 4) is 0 Å². The molecule has 0 aliphatic heterocycles. The van der Waals surface area contributed by atoms with E-state index in [0.29, 0.717) is 0 Å². The largest absolute Gasteiger partial charge is 0.345 e. The number of hydrogen-bond donors (Lipinski definition) is 0.